The Morgan fingerprint density at radius 2 is 1.88 bits per heavy atom. The van der Waals surface area contributed by atoms with E-state index in [2.05, 4.69) is 6.07 Å². The lowest BCUT2D eigenvalue weighted by Crippen LogP contribution is -2.19. The molecule has 16 heavy (non-hydrogen) atoms. The van der Waals surface area contributed by atoms with Gasteiger partial charge in [-0.3, -0.25) is 0 Å². The predicted molar refractivity (Wildman–Crippen MR) is 54.3 cm³/mol. The van der Waals surface area contributed by atoms with Crippen LogP contribution in [0.15, 0.2) is 36.4 Å². The van der Waals surface area contributed by atoms with E-state index in [1.165, 1.54) is 6.07 Å². The molecule has 0 N–H and O–H groups in total. The van der Waals surface area contributed by atoms with Crippen LogP contribution in [0.25, 0.3) is 10.8 Å². The smallest absolute Gasteiger partial charge is 0.422 e. The maximum atomic E-state index is 12.0. The quantitative estimate of drug-likeness (QED) is 0.759. The van der Waals surface area contributed by atoms with Gasteiger partial charge < -0.3 is 4.74 Å². The monoisotopic (exact) mass is 225 g/mol. The Bertz CT molecular complexity index is 486. The van der Waals surface area contributed by atoms with Crippen molar-refractivity contribution in [3.05, 3.63) is 42.5 Å². The van der Waals surface area contributed by atoms with Gasteiger partial charge in [-0.05, 0) is 17.5 Å². The van der Waals surface area contributed by atoms with Crippen molar-refractivity contribution in [2.24, 2.45) is 0 Å². The maximum absolute atomic E-state index is 12.0. The van der Waals surface area contributed by atoms with Crippen LogP contribution in [0.3, 0.4) is 0 Å². The zero-order chi connectivity index (χ0) is 11.6. The molecular weight excluding hydrogens is 217 g/mol. The van der Waals surface area contributed by atoms with Gasteiger partial charge in [0.25, 0.3) is 0 Å². The van der Waals surface area contributed by atoms with E-state index in [-0.39, 0.29) is 5.75 Å². The van der Waals surface area contributed by atoms with Gasteiger partial charge in [-0.2, -0.15) is 13.2 Å². The van der Waals surface area contributed by atoms with E-state index >= 15 is 0 Å². The molecule has 2 rings (SSSR count). The van der Waals surface area contributed by atoms with E-state index in [1.807, 2.05) is 0 Å². The first-order valence-electron chi connectivity index (χ1n) is 4.65. The number of fused-ring (bicyclic) bond motifs is 1. The number of alkyl halides is 3. The molecule has 0 aliphatic carbocycles. The van der Waals surface area contributed by atoms with Crippen molar-refractivity contribution in [1.29, 1.82) is 0 Å². The number of benzene rings is 2. The van der Waals surface area contributed by atoms with Gasteiger partial charge in [-0.15, -0.1) is 0 Å². The van der Waals surface area contributed by atoms with Gasteiger partial charge in [0.15, 0.2) is 6.61 Å². The molecule has 0 bridgehead atoms. The van der Waals surface area contributed by atoms with Crippen molar-refractivity contribution in [1.82, 2.24) is 0 Å². The first-order chi connectivity index (χ1) is 7.56. The van der Waals surface area contributed by atoms with Gasteiger partial charge >= 0.3 is 6.18 Å². The molecule has 0 atom stereocenters. The molecule has 0 spiro atoms. The van der Waals surface area contributed by atoms with Crippen LogP contribution >= 0.6 is 0 Å². The van der Waals surface area contributed by atoms with E-state index in [0.29, 0.717) is 5.39 Å². The summed E-state index contributed by atoms with van der Waals surface area (Å²) in [6.07, 6.45) is -4.32. The zero-order valence-corrected chi connectivity index (χ0v) is 8.21. The highest BCUT2D eigenvalue weighted by Crippen LogP contribution is 2.26. The van der Waals surface area contributed by atoms with Crippen LogP contribution < -0.4 is 4.74 Å². The van der Waals surface area contributed by atoms with Crippen LogP contribution in [0.1, 0.15) is 0 Å². The minimum Gasteiger partial charge on any atom is -0.483 e. The summed E-state index contributed by atoms with van der Waals surface area (Å²) in [6.45, 7) is -1.28. The summed E-state index contributed by atoms with van der Waals surface area (Å²) in [7, 11) is 0. The van der Waals surface area contributed by atoms with Crippen molar-refractivity contribution < 1.29 is 17.9 Å². The molecule has 83 valence electrons. The average Bonchev–Trinajstić information content (AvgIpc) is 2.25. The van der Waals surface area contributed by atoms with E-state index in [0.717, 1.165) is 5.39 Å². The molecular formula is C12H8F3O. The van der Waals surface area contributed by atoms with Crippen molar-refractivity contribution in [2.75, 3.05) is 6.61 Å². The molecule has 2 aromatic carbocycles. The maximum Gasteiger partial charge on any atom is 0.422 e. The molecule has 0 unspecified atom stereocenters. The van der Waals surface area contributed by atoms with E-state index < -0.39 is 12.8 Å². The molecule has 0 fully saturated rings. The summed E-state index contributed by atoms with van der Waals surface area (Å²) >= 11 is 0. The third-order valence-corrected chi connectivity index (χ3v) is 2.06. The largest absolute Gasteiger partial charge is 0.483 e. The van der Waals surface area contributed by atoms with Crippen LogP contribution in [-0.4, -0.2) is 12.8 Å². The van der Waals surface area contributed by atoms with Crippen molar-refractivity contribution in [2.45, 2.75) is 6.18 Å². The lowest BCUT2D eigenvalue weighted by atomic mass is 10.1. The molecule has 0 amide bonds. The second-order valence-electron chi connectivity index (χ2n) is 3.29. The Morgan fingerprint density at radius 3 is 2.62 bits per heavy atom. The fraction of sp³-hybridized carbons (Fsp3) is 0.167. The Balaban J connectivity index is 2.30. The minimum atomic E-state index is -4.32. The van der Waals surface area contributed by atoms with Crippen LogP contribution in [0.4, 0.5) is 13.2 Å². The first-order valence-corrected chi connectivity index (χ1v) is 4.65. The highest BCUT2D eigenvalue weighted by atomic mass is 19.4. The van der Waals surface area contributed by atoms with Crippen LogP contribution in [0, 0.1) is 6.07 Å². The Hall–Kier alpha value is -1.71. The number of rotatable bonds is 2. The van der Waals surface area contributed by atoms with Crippen LogP contribution in [0.2, 0.25) is 0 Å². The summed E-state index contributed by atoms with van der Waals surface area (Å²) in [5, 5.41) is 1.37. The molecule has 0 aromatic heterocycles. The standard InChI is InChI=1S/C12H8F3O/c13-12(14,15)8-16-11-7-3-5-9-4-1-2-6-10(9)11/h1-4,6-7H,8H2. The topological polar surface area (TPSA) is 9.23 Å². The summed E-state index contributed by atoms with van der Waals surface area (Å²) in [5.74, 6) is 0.228. The van der Waals surface area contributed by atoms with Crippen molar-refractivity contribution >= 4 is 10.8 Å². The van der Waals surface area contributed by atoms with Crippen LogP contribution in [-0.2, 0) is 0 Å². The Morgan fingerprint density at radius 1 is 1.12 bits per heavy atom. The summed E-state index contributed by atoms with van der Waals surface area (Å²) in [5.41, 5.74) is 0. The molecule has 0 aliphatic rings. The Kier molecular flexibility index (Phi) is 2.73. The van der Waals surface area contributed by atoms with E-state index in [4.69, 9.17) is 4.74 Å². The van der Waals surface area contributed by atoms with Crippen molar-refractivity contribution in [3.63, 3.8) is 0 Å². The molecule has 4 heteroatoms. The third-order valence-electron chi connectivity index (χ3n) is 2.06. The fourth-order valence-corrected chi connectivity index (χ4v) is 1.41. The summed E-state index contributed by atoms with van der Waals surface area (Å²) in [4.78, 5) is 0. The van der Waals surface area contributed by atoms with Gasteiger partial charge in [-0.1, -0.05) is 30.3 Å². The Labute approximate surface area is 90.5 Å². The van der Waals surface area contributed by atoms with Gasteiger partial charge in [0.1, 0.15) is 5.75 Å². The predicted octanol–water partition coefficient (Wildman–Crippen LogP) is 3.58. The molecule has 1 radical (unpaired) electrons. The molecule has 1 nitrogen and oxygen atoms in total. The number of hydrogen-bond acceptors (Lipinski definition) is 1. The van der Waals surface area contributed by atoms with E-state index in [1.54, 1.807) is 30.3 Å². The van der Waals surface area contributed by atoms with Gasteiger partial charge in [0, 0.05) is 5.39 Å². The number of halogens is 3. The average molecular weight is 225 g/mol. The third kappa shape index (κ3) is 2.45. The lowest BCUT2D eigenvalue weighted by molar-refractivity contribution is -0.153. The lowest BCUT2D eigenvalue weighted by Gasteiger charge is -2.10. The summed E-state index contributed by atoms with van der Waals surface area (Å²) in [6, 6.07) is 13.0. The summed E-state index contributed by atoms with van der Waals surface area (Å²) < 4.78 is 40.8. The molecule has 0 saturated carbocycles. The minimum absolute atomic E-state index is 0.228. The molecule has 0 aliphatic heterocycles. The fourth-order valence-electron chi connectivity index (χ4n) is 1.41. The highest BCUT2D eigenvalue weighted by Gasteiger charge is 2.28. The van der Waals surface area contributed by atoms with Gasteiger partial charge in [0.05, 0.1) is 0 Å². The van der Waals surface area contributed by atoms with E-state index in [9.17, 15) is 13.2 Å². The molecule has 0 saturated heterocycles. The number of ether oxygens (including phenoxy) is 1. The van der Waals surface area contributed by atoms with Crippen molar-refractivity contribution in [3.8, 4) is 5.75 Å². The van der Waals surface area contributed by atoms with Crippen LogP contribution in [0.5, 0.6) is 5.75 Å². The first kappa shape index (κ1) is 10.8. The van der Waals surface area contributed by atoms with Gasteiger partial charge in [-0.25, -0.2) is 0 Å². The SMILES string of the molecule is FC(F)(F)COc1cc[c]c2ccccc12. The molecule has 2 aromatic rings. The second kappa shape index (κ2) is 4.04. The number of hydrogen-bond donors (Lipinski definition) is 0. The van der Waals surface area contributed by atoms with Gasteiger partial charge in [0.2, 0.25) is 0 Å². The zero-order valence-electron chi connectivity index (χ0n) is 8.21. The normalized spacial score (nSPS) is 11.7. The molecule has 0 heterocycles. The highest BCUT2D eigenvalue weighted by molar-refractivity contribution is 5.87. The second-order valence-corrected chi connectivity index (χ2v) is 3.29.